The summed E-state index contributed by atoms with van der Waals surface area (Å²) < 4.78 is 5.46. The van der Waals surface area contributed by atoms with Gasteiger partial charge in [0.15, 0.2) is 0 Å². The van der Waals surface area contributed by atoms with Gasteiger partial charge in [-0.2, -0.15) is 0 Å². The van der Waals surface area contributed by atoms with Crippen molar-refractivity contribution in [2.24, 2.45) is 5.73 Å². The van der Waals surface area contributed by atoms with Crippen LogP contribution in [0, 0.1) is 0 Å². The highest BCUT2D eigenvalue weighted by molar-refractivity contribution is 6.06. The monoisotopic (exact) mass is 380 g/mol. The third-order valence-corrected chi connectivity index (χ3v) is 5.40. The Hall–Kier alpha value is -1.66. The van der Waals surface area contributed by atoms with Gasteiger partial charge in [-0.15, -0.1) is 12.4 Å². The summed E-state index contributed by atoms with van der Waals surface area (Å²) in [6.45, 7) is 8.59. The van der Waals surface area contributed by atoms with E-state index in [1.807, 2.05) is 33.8 Å². The number of fused-ring (bicyclic) bond motifs is 1. The van der Waals surface area contributed by atoms with Gasteiger partial charge in [0.25, 0.3) is 11.6 Å². The number of nitrogens with zero attached hydrogens (tertiary/aromatic N) is 2. The Labute approximate surface area is 160 Å². The first-order chi connectivity index (χ1) is 11.9. The van der Waals surface area contributed by atoms with Crippen LogP contribution >= 0.6 is 12.4 Å². The number of nitrogens with one attached hydrogen (secondary N) is 1. The average molecular weight is 381 g/mol. The summed E-state index contributed by atoms with van der Waals surface area (Å²) in [6.07, 6.45) is 3.80. The van der Waals surface area contributed by atoms with Gasteiger partial charge in [-0.1, -0.05) is 32.9 Å². The largest absolute Gasteiger partial charge is 0.345 e. The van der Waals surface area contributed by atoms with Crippen molar-refractivity contribution in [2.75, 3.05) is 6.54 Å². The minimum absolute atomic E-state index is 0. The molecule has 1 aliphatic rings. The highest BCUT2D eigenvalue weighted by Gasteiger charge is 2.32. The number of halogens is 1. The van der Waals surface area contributed by atoms with Crippen LogP contribution in [0.15, 0.2) is 10.6 Å². The molecule has 0 radical (unpaired) electrons. The van der Waals surface area contributed by atoms with E-state index in [-0.39, 0.29) is 29.8 Å². The van der Waals surface area contributed by atoms with E-state index in [1.165, 1.54) is 0 Å². The second kappa shape index (κ2) is 7.92. The maximum absolute atomic E-state index is 13.2. The lowest BCUT2D eigenvalue weighted by molar-refractivity contribution is 0.0896. The van der Waals surface area contributed by atoms with Crippen LogP contribution in [0.3, 0.4) is 0 Å². The zero-order valence-electron chi connectivity index (χ0n) is 16.0. The van der Waals surface area contributed by atoms with Gasteiger partial charge in [-0.05, 0) is 37.7 Å². The Kier molecular flexibility index (Phi) is 6.29. The number of carbonyl (C=O) groups excluding carboxylic acids is 1. The van der Waals surface area contributed by atoms with Crippen LogP contribution in [0.25, 0.3) is 11.1 Å². The van der Waals surface area contributed by atoms with Crippen LogP contribution in [0.4, 0.5) is 0 Å². The molecule has 3 N–H and O–H groups in total. The number of carbonyl (C=O) groups is 1. The Balaban J connectivity index is 0.00000243. The molecular formula is C19H29ClN4O2. The molecule has 0 aromatic carbocycles. The van der Waals surface area contributed by atoms with Crippen molar-refractivity contribution in [2.45, 2.75) is 70.8 Å². The molecule has 0 unspecified atom stereocenters. The standard InChI is InChI=1S/C19H28N4O2.ClH/c1-5-19(6-2,10-20)22-17(24)13-9-14(12-7-8-12)21-18-15(13)16(11(3)4)23-25-18;/h9,11-12H,5-8,10,20H2,1-4H3,(H,22,24);1H. The lowest BCUT2D eigenvalue weighted by Gasteiger charge is -2.31. The van der Waals surface area contributed by atoms with Crippen molar-refractivity contribution in [3.05, 3.63) is 23.0 Å². The zero-order chi connectivity index (χ0) is 18.2. The molecule has 0 saturated heterocycles. The summed E-state index contributed by atoms with van der Waals surface area (Å²) in [5, 5.41) is 8.07. The van der Waals surface area contributed by atoms with Gasteiger partial charge >= 0.3 is 0 Å². The van der Waals surface area contributed by atoms with Crippen LogP contribution < -0.4 is 11.1 Å². The maximum Gasteiger partial charge on any atom is 0.259 e. The molecule has 144 valence electrons. The van der Waals surface area contributed by atoms with E-state index in [0.717, 1.165) is 42.5 Å². The van der Waals surface area contributed by atoms with Crippen LogP contribution in [0.2, 0.25) is 0 Å². The molecule has 0 spiro atoms. The normalized spacial score (nSPS) is 14.5. The fourth-order valence-corrected chi connectivity index (χ4v) is 3.23. The first-order valence-electron chi connectivity index (χ1n) is 9.27. The first kappa shape index (κ1) is 20.6. The summed E-state index contributed by atoms with van der Waals surface area (Å²) in [6, 6.07) is 1.92. The van der Waals surface area contributed by atoms with Crippen LogP contribution in [0.5, 0.6) is 0 Å². The Morgan fingerprint density at radius 3 is 2.54 bits per heavy atom. The van der Waals surface area contributed by atoms with Gasteiger partial charge in [-0.3, -0.25) is 4.79 Å². The van der Waals surface area contributed by atoms with E-state index in [1.54, 1.807) is 0 Å². The van der Waals surface area contributed by atoms with Crippen LogP contribution in [0.1, 0.15) is 87.0 Å². The van der Waals surface area contributed by atoms with E-state index in [4.69, 9.17) is 10.3 Å². The molecule has 0 atom stereocenters. The molecule has 1 fully saturated rings. The van der Waals surface area contributed by atoms with Crippen LogP contribution in [-0.4, -0.2) is 28.1 Å². The molecule has 1 amide bonds. The van der Waals surface area contributed by atoms with E-state index in [0.29, 0.717) is 23.7 Å². The summed E-state index contributed by atoms with van der Waals surface area (Å²) in [4.78, 5) is 17.8. The fraction of sp³-hybridized carbons (Fsp3) is 0.632. The number of nitrogens with two attached hydrogens (primary N) is 1. The third kappa shape index (κ3) is 3.71. The number of hydrogen-bond donors (Lipinski definition) is 2. The fourth-order valence-electron chi connectivity index (χ4n) is 3.23. The molecule has 0 bridgehead atoms. The number of aromatic nitrogens is 2. The van der Waals surface area contributed by atoms with Crippen molar-refractivity contribution >= 4 is 29.4 Å². The number of amides is 1. The van der Waals surface area contributed by atoms with Gasteiger partial charge in [0, 0.05) is 18.2 Å². The second-order valence-electron chi connectivity index (χ2n) is 7.42. The SMILES string of the molecule is CCC(CC)(CN)NC(=O)c1cc(C2CC2)nc2onc(C(C)C)c12.Cl. The molecule has 2 heterocycles. The molecular weight excluding hydrogens is 352 g/mol. The molecule has 26 heavy (non-hydrogen) atoms. The van der Waals surface area contributed by atoms with Crippen molar-refractivity contribution < 1.29 is 9.32 Å². The Morgan fingerprint density at radius 1 is 1.38 bits per heavy atom. The van der Waals surface area contributed by atoms with Crippen molar-refractivity contribution in [3.63, 3.8) is 0 Å². The third-order valence-electron chi connectivity index (χ3n) is 5.40. The lowest BCUT2D eigenvalue weighted by Crippen LogP contribution is -2.52. The molecule has 3 rings (SSSR count). The van der Waals surface area contributed by atoms with Gasteiger partial charge in [0.2, 0.25) is 0 Å². The first-order valence-corrected chi connectivity index (χ1v) is 9.27. The maximum atomic E-state index is 13.2. The van der Waals surface area contributed by atoms with Crippen molar-refractivity contribution in [1.29, 1.82) is 0 Å². The predicted molar refractivity (Wildman–Crippen MR) is 105 cm³/mol. The number of hydrogen-bond acceptors (Lipinski definition) is 5. The van der Waals surface area contributed by atoms with E-state index >= 15 is 0 Å². The lowest BCUT2D eigenvalue weighted by atomic mass is 9.92. The highest BCUT2D eigenvalue weighted by Crippen LogP contribution is 2.41. The topological polar surface area (TPSA) is 94.0 Å². The molecule has 2 aromatic rings. The van der Waals surface area contributed by atoms with Gasteiger partial charge in [0.1, 0.15) is 0 Å². The minimum Gasteiger partial charge on any atom is -0.345 e. The summed E-state index contributed by atoms with van der Waals surface area (Å²) >= 11 is 0. The molecule has 1 aliphatic carbocycles. The van der Waals surface area contributed by atoms with E-state index < -0.39 is 0 Å². The average Bonchev–Trinajstić information content (AvgIpc) is 3.37. The summed E-state index contributed by atoms with van der Waals surface area (Å²) in [5.74, 6) is 0.465. The molecule has 1 saturated carbocycles. The number of pyridine rings is 1. The minimum atomic E-state index is -0.387. The summed E-state index contributed by atoms with van der Waals surface area (Å²) in [5.41, 5.74) is 8.34. The van der Waals surface area contributed by atoms with Crippen molar-refractivity contribution in [1.82, 2.24) is 15.5 Å². The smallest absolute Gasteiger partial charge is 0.259 e. The number of rotatable bonds is 7. The molecule has 0 aliphatic heterocycles. The Bertz CT molecular complexity index is 771. The summed E-state index contributed by atoms with van der Waals surface area (Å²) in [7, 11) is 0. The van der Waals surface area contributed by atoms with E-state index in [9.17, 15) is 4.79 Å². The Morgan fingerprint density at radius 2 is 2.04 bits per heavy atom. The van der Waals surface area contributed by atoms with E-state index in [2.05, 4.69) is 15.5 Å². The van der Waals surface area contributed by atoms with Gasteiger partial charge in [0.05, 0.1) is 22.2 Å². The molecule has 6 nitrogen and oxygen atoms in total. The van der Waals surface area contributed by atoms with Gasteiger partial charge in [-0.25, -0.2) is 4.98 Å². The predicted octanol–water partition coefficient (Wildman–Crippen LogP) is 3.89. The highest BCUT2D eigenvalue weighted by atomic mass is 35.5. The molecule has 7 heteroatoms. The van der Waals surface area contributed by atoms with Crippen molar-refractivity contribution in [3.8, 4) is 0 Å². The van der Waals surface area contributed by atoms with Crippen LogP contribution in [-0.2, 0) is 0 Å². The van der Waals surface area contributed by atoms with Gasteiger partial charge < -0.3 is 15.6 Å². The molecule has 2 aromatic heterocycles. The zero-order valence-corrected chi connectivity index (χ0v) is 16.8. The quantitative estimate of drug-likeness (QED) is 0.759. The second-order valence-corrected chi connectivity index (χ2v) is 7.42.